The molecule has 6 nitrogen and oxygen atoms in total. The molecule has 0 aliphatic carbocycles. The smallest absolute Gasteiger partial charge is 0.338 e. The van der Waals surface area contributed by atoms with Gasteiger partial charge in [-0.25, -0.2) is 4.79 Å². The lowest BCUT2D eigenvalue weighted by atomic mass is 9.98. The summed E-state index contributed by atoms with van der Waals surface area (Å²) in [5, 5.41) is 27.7. The Balaban J connectivity index is 2.79. The standard InChI is InChI=1S/C9H14O6/c1-8(2)14-4-5(15-8)6(10)9(3,13)7(11)12/h4,6,10,13H,1-3H3,(H,11,12)/t6-,9-/m0/s1. The molecular formula is C9H14O6. The maximum Gasteiger partial charge on any atom is 0.338 e. The molecule has 86 valence electrons. The van der Waals surface area contributed by atoms with Crippen molar-refractivity contribution >= 4 is 5.97 Å². The fourth-order valence-electron chi connectivity index (χ4n) is 1.05. The van der Waals surface area contributed by atoms with Crippen molar-refractivity contribution < 1.29 is 29.6 Å². The van der Waals surface area contributed by atoms with E-state index in [0.717, 1.165) is 13.2 Å². The van der Waals surface area contributed by atoms with Gasteiger partial charge in [-0.3, -0.25) is 0 Å². The average Bonchev–Trinajstić information content (AvgIpc) is 2.44. The highest BCUT2D eigenvalue weighted by Crippen LogP contribution is 2.30. The molecule has 1 rings (SSSR count). The van der Waals surface area contributed by atoms with Gasteiger partial charge in [-0.2, -0.15) is 0 Å². The first-order valence-corrected chi connectivity index (χ1v) is 4.37. The molecule has 15 heavy (non-hydrogen) atoms. The van der Waals surface area contributed by atoms with Gasteiger partial charge < -0.3 is 24.8 Å². The number of ether oxygens (including phenoxy) is 2. The second-order valence-electron chi connectivity index (χ2n) is 4.00. The minimum atomic E-state index is -2.31. The van der Waals surface area contributed by atoms with Gasteiger partial charge in [0.15, 0.2) is 17.5 Å². The van der Waals surface area contributed by atoms with Crippen molar-refractivity contribution in [2.75, 3.05) is 0 Å². The first kappa shape index (κ1) is 11.8. The Labute approximate surface area is 86.7 Å². The van der Waals surface area contributed by atoms with Crippen LogP contribution in [0.2, 0.25) is 0 Å². The monoisotopic (exact) mass is 218 g/mol. The molecule has 1 aliphatic heterocycles. The fourth-order valence-corrected chi connectivity index (χ4v) is 1.05. The number of carboxylic acids is 1. The molecule has 2 atom stereocenters. The third-order valence-electron chi connectivity index (χ3n) is 2.06. The van der Waals surface area contributed by atoms with Crippen molar-refractivity contribution in [3.05, 3.63) is 12.0 Å². The van der Waals surface area contributed by atoms with Crippen LogP contribution in [0.25, 0.3) is 0 Å². The van der Waals surface area contributed by atoms with Crippen molar-refractivity contribution in [3.8, 4) is 0 Å². The summed E-state index contributed by atoms with van der Waals surface area (Å²) in [5.41, 5.74) is -2.31. The van der Waals surface area contributed by atoms with E-state index in [9.17, 15) is 15.0 Å². The zero-order valence-corrected chi connectivity index (χ0v) is 8.72. The van der Waals surface area contributed by atoms with E-state index in [0.29, 0.717) is 0 Å². The Morgan fingerprint density at radius 2 is 2.13 bits per heavy atom. The van der Waals surface area contributed by atoms with Crippen LogP contribution in [0.3, 0.4) is 0 Å². The second kappa shape index (κ2) is 3.39. The van der Waals surface area contributed by atoms with Gasteiger partial charge in [-0.15, -0.1) is 0 Å². The topological polar surface area (TPSA) is 96.2 Å². The van der Waals surface area contributed by atoms with Crippen molar-refractivity contribution in [1.82, 2.24) is 0 Å². The Morgan fingerprint density at radius 1 is 1.60 bits per heavy atom. The van der Waals surface area contributed by atoms with Gasteiger partial charge in [-0.05, 0) is 6.92 Å². The Bertz CT molecular complexity index is 304. The minimum Gasteiger partial charge on any atom is -0.479 e. The van der Waals surface area contributed by atoms with Crippen LogP contribution in [0.4, 0.5) is 0 Å². The van der Waals surface area contributed by atoms with E-state index in [4.69, 9.17) is 14.6 Å². The first-order valence-electron chi connectivity index (χ1n) is 4.37. The van der Waals surface area contributed by atoms with E-state index >= 15 is 0 Å². The highest BCUT2D eigenvalue weighted by atomic mass is 16.7. The molecular weight excluding hydrogens is 204 g/mol. The Kier molecular flexibility index (Phi) is 2.67. The van der Waals surface area contributed by atoms with Crippen molar-refractivity contribution in [3.63, 3.8) is 0 Å². The molecule has 0 saturated carbocycles. The van der Waals surface area contributed by atoms with Crippen LogP contribution in [0.1, 0.15) is 20.8 Å². The number of carbonyl (C=O) groups is 1. The van der Waals surface area contributed by atoms with Crippen LogP contribution in [0.5, 0.6) is 0 Å². The van der Waals surface area contributed by atoms with E-state index < -0.39 is 23.5 Å². The molecule has 3 N–H and O–H groups in total. The highest BCUT2D eigenvalue weighted by Gasteiger charge is 2.45. The number of rotatable bonds is 3. The van der Waals surface area contributed by atoms with Crippen molar-refractivity contribution in [2.45, 2.75) is 38.3 Å². The molecule has 0 unspecified atom stereocenters. The summed E-state index contributed by atoms with van der Waals surface area (Å²) in [6.45, 7) is 4.17. The number of carboxylic acid groups (broad SMARTS) is 1. The lowest BCUT2D eigenvalue weighted by Gasteiger charge is -2.26. The predicted octanol–water partition coefficient (Wildman–Crippen LogP) is -0.193. The quantitative estimate of drug-likeness (QED) is 0.607. The molecule has 0 radical (unpaired) electrons. The minimum absolute atomic E-state index is 0.104. The lowest BCUT2D eigenvalue weighted by Crippen LogP contribution is -2.48. The van der Waals surface area contributed by atoms with Gasteiger partial charge in [0.25, 0.3) is 0 Å². The van der Waals surface area contributed by atoms with Gasteiger partial charge in [0, 0.05) is 13.8 Å². The van der Waals surface area contributed by atoms with Crippen LogP contribution >= 0.6 is 0 Å². The zero-order valence-electron chi connectivity index (χ0n) is 8.72. The molecule has 6 heteroatoms. The Hall–Kier alpha value is -1.27. The number of aliphatic carboxylic acids is 1. The third kappa shape index (κ3) is 2.21. The Morgan fingerprint density at radius 3 is 2.47 bits per heavy atom. The molecule has 0 aromatic heterocycles. The van der Waals surface area contributed by atoms with E-state index in [1.54, 1.807) is 13.8 Å². The molecule has 0 fully saturated rings. The lowest BCUT2D eigenvalue weighted by molar-refractivity contribution is -0.174. The molecule has 0 aromatic carbocycles. The fraction of sp³-hybridized carbons (Fsp3) is 0.667. The van der Waals surface area contributed by atoms with Crippen LogP contribution in [-0.4, -0.2) is 38.8 Å². The summed E-state index contributed by atoms with van der Waals surface area (Å²) in [6, 6.07) is 0. The molecule has 0 bridgehead atoms. The van der Waals surface area contributed by atoms with Crippen molar-refractivity contribution in [1.29, 1.82) is 0 Å². The summed E-state index contributed by atoms with van der Waals surface area (Å²) in [6.07, 6.45) is -0.570. The first-order chi connectivity index (χ1) is 6.67. The van der Waals surface area contributed by atoms with Gasteiger partial charge in [0.1, 0.15) is 6.26 Å². The summed E-state index contributed by atoms with van der Waals surface area (Å²) >= 11 is 0. The summed E-state index contributed by atoms with van der Waals surface area (Å²) in [7, 11) is 0. The summed E-state index contributed by atoms with van der Waals surface area (Å²) in [5.74, 6) is -2.60. The van der Waals surface area contributed by atoms with Crippen molar-refractivity contribution in [2.24, 2.45) is 0 Å². The zero-order chi connectivity index (χ0) is 11.9. The maximum absolute atomic E-state index is 10.6. The molecule has 0 amide bonds. The van der Waals surface area contributed by atoms with E-state index in [-0.39, 0.29) is 5.76 Å². The summed E-state index contributed by atoms with van der Waals surface area (Å²) < 4.78 is 10.1. The molecule has 0 aromatic rings. The van der Waals surface area contributed by atoms with Crippen LogP contribution in [-0.2, 0) is 14.3 Å². The molecule has 0 saturated heterocycles. The predicted molar refractivity (Wildman–Crippen MR) is 48.6 cm³/mol. The number of aliphatic hydroxyl groups is 2. The van der Waals surface area contributed by atoms with E-state index in [2.05, 4.69) is 0 Å². The highest BCUT2D eigenvalue weighted by molar-refractivity contribution is 5.78. The SMILES string of the molecule is CC1(C)OC=C([C@H](O)[C@](C)(O)C(=O)O)O1. The summed E-state index contributed by atoms with van der Waals surface area (Å²) in [4.78, 5) is 10.6. The number of hydrogen-bond donors (Lipinski definition) is 3. The second-order valence-corrected chi connectivity index (χ2v) is 4.00. The number of aliphatic hydroxyl groups excluding tert-OH is 1. The van der Waals surface area contributed by atoms with E-state index in [1.165, 1.54) is 0 Å². The molecule has 1 heterocycles. The third-order valence-corrected chi connectivity index (χ3v) is 2.06. The largest absolute Gasteiger partial charge is 0.479 e. The number of hydrogen-bond acceptors (Lipinski definition) is 5. The maximum atomic E-state index is 10.6. The van der Waals surface area contributed by atoms with E-state index in [1.807, 2.05) is 0 Å². The van der Waals surface area contributed by atoms with Gasteiger partial charge in [0.05, 0.1) is 0 Å². The average molecular weight is 218 g/mol. The van der Waals surface area contributed by atoms with Gasteiger partial charge >= 0.3 is 5.97 Å². The molecule has 0 spiro atoms. The normalized spacial score (nSPS) is 24.5. The van der Waals surface area contributed by atoms with Gasteiger partial charge in [0.2, 0.25) is 5.79 Å². The van der Waals surface area contributed by atoms with Crippen LogP contribution in [0, 0.1) is 0 Å². The van der Waals surface area contributed by atoms with Gasteiger partial charge in [-0.1, -0.05) is 0 Å². The molecule has 1 aliphatic rings. The van der Waals surface area contributed by atoms with Crippen LogP contribution in [0.15, 0.2) is 12.0 Å². The van der Waals surface area contributed by atoms with Crippen LogP contribution < -0.4 is 0 Å².